The summed E-state index contributed by atoms with van der Waals surface area (Å²) in [4.78, 5) is 14.4. The van der Waals surface area contributed by atoms with E-state index in [9.17, 15) is 4.79 Å². The van der Waals surface area contributed by atoms with Crippen molar-refractivity contribution in [1.82, 2.24) is 10.2 Å². The van der Waals surface area contributed by atoms with Crippen molar-refractivity contribution in [3.05, 3.63) is 26.4 Å². The lowest BCUT2D eigenvalue weighted by Gasteiger charge is -1.99. The van der Waals surface area contributed by atoms with Gasteiger partial charge in [-0.05, 0) is 26.3 Å². The van der Waals surface area contributed by atoms with E-state index in [1.165, 1.54) is 16.2 Å². The molecule has 116 valence electrons. The predicted octanol–water partition coefficient (Wildman–Crippen LogP) is 3.13. The van der Waals surface area contributed by atoms with Crippen molar-refractivity contribution in [2.24, 2.45) is 5.73 Å². The number of nitrogens with two attached hydrogens (primary N) is 1. The van der Waals surface area contributed by atoms with Gasteiger partial charge in [-0.1, -0.05) is 11.3 Å². The van der Waals surface area contributed by atoms with Gasteiger partial charge in [0.25, 0.3) is 5.91 Å². The van der Waals surface area contributed by atoms with Crippen LogP contribution in [-0.2, 0) is 0 Å². The molecule has 1 aliphatic rings. The van der Waals surface area contributed by atoms with Gasteiger partial charge in [0, 0.05) is 21.7 Å². The first-order valence-electron chi connectivity index (χ1n) is 6.02. The molecule has 0 unspecified atom stereocenters. The minimum atomic E-state index is -0.120. The van der Waals surface area contributed by atoms with Gasteiger partial charge in [0.15, 0.2) is 0 Å². The third-order valence-corrected chi connectivity index (χ3v) is 5.07. The van der Waals surface area contributed by atoms with Gasteiger partial charge in [0.05, 0.1) is 5.56 Å². The van der Waals surface area contributed by atoms with Gasteiger partial charge < -0.3 is 5.73 Å². The Morgan fingerprint density at radius 3 is 2.52 bits per heavy atom. The second kappa shape index (κ2) is 7.02. The molecule has 9 heteroatoms. The third-order valence-electron chi connectivity index (χ3n) is 3.13. The van der Waals surface area contributed by atoms with Crippen molar-refractivity contribution < 1.29 is 4.79 Å². The molecule has 1 amide bonds. The lowest BCUT2D eigenvalue weighted by molar-refractivity contribution is 0.102. The van der Waals surface area contributed by atoms with Gasteiger partial charge in [-0.15, -0.1) is 46.3 Å². The molecule has 0 radical (unpaired) electrons. The van der Waals surface area contributed by atoms with Crippen LogP contribution in [0, 0.1) is 13.8 Å². The number of amides is 1. The summed E-state index contributed by atoms with van der Waals surface area (Å²) in [6, 6.07) is 2.22. The van der Waals surface area contributed by atoms with Crippen LogP contribution < -0.4 is 11.1 Å². The Kier molecular flexibility index (Phi) is 6.12. The summed E-state index contributed by atoms with van der Waals surface area (Å²) in [5.74, 6) is 0.319. The lowest BCUT2D eigenvalue weighted by atomic mass is 10.2. The Hall–Kier alpha value is -0.730. The zero-order chi connectivity index (χ0) is 13.6. The number of halogens is 2. The third kappa shape index (κ3) is 3.92. The molecular weight excluding hydrogens is 351 g/mol. The van der Waals surface area contributed by atoms with Crippen molar-refractivity contribution in [2.75, 3.05) is 5.32 Å². The number of nitrogens with one attached hydrogen (secondary N) is 1. The first kappa shape index (κ1) is 18.3. The normalized spacial score (nSPS) is 19.4. The fraction of sp³-hybridized carbons (Fsp3) is 0.417. The van der Waals surface area contributed by atoms with Crippen LogP contribution in [0.25, 0.3) is 0 Å². The Labute approximate surface area is 143 Å². The summed E-state index contributed by atoms with van der Waals surface area (Å²) in [7, 11) is 0. The minimum absolute atomic E-state index is 0. The number of carbonyl (C=O) groups is 1. The van der Waals surface area contributed by atoms with Gasteiger partial charge in [0.2, 0.25) is 5.13 Å². The van der Waals surface area contributed by atoms with Crippen molar-refractivity contribution in [3.63, 3.8) is 0 Å². The molecule has 0 bridgehead atoms. The van der Waals surface area contributed by atoms with Crippen molar-refractivity contribution >= 4 is 58.5 Å². The second-order valence-corrected chi connectivity index (χ2v) is 7.17. The van der Waals surface area contributed by atoms with Crippen molar-refractivity contribution in [1.29, 1.82) is 0 Å². The summed E-state index contributed by atoms with van der Waals surface area (Å²) in [5, 5.41) is 11.9. The standard InChI is InChI=1S/C12H14N4OS2.2ClH/c1-5-7(4-10(18-5)8-3-9(8)13)11(17)14-12-16-15-6(2)19-12;;/h4,8-9H,3,13H2,1-2H3,(H,14,16,17);2*1H/t8-,9-;;/m1../s1. The van der Waals surface area contributed by atoms with Crippen molar-refractivity contribution in [2.45, 2.75) is 32.2 Å². The van der Waals surface area contributed by atoms with E-state index in [0.717, 1.165) is 16.3 Å². The Morgan fingerprint density at radius 1 is 1.33 bits per heavy atom. The quantitative estimate of drug-likeness (QED) is 0.873. The average molecular weight is 367 g/mol. The average Bonchev–Trinajstić information content (AvgIpc) is 2.76. The molecule has 2 aromatic rings. The molecule has 21 heavy (non-hydrogen) atoms. The Balaban J connectivity index is 0.00000110. The maximum atomic E-state index is 12.2. The SMILES string of the molecule is Cc1nnc(NC(=O)c2cc([C@@H]3C[C@H]3N)sc2C)s1.Cl.Cl. The molecular formula is C12H16Cl2N4OS2. The van der Waals surface area contributed by atoms with Crippen LogP contribution in [0.4, 0.5) is 5.13 Å². The second-order valence-electron chi connectivity index (χ2n) is 4.71. The fourth-order valence-electron chi connectivity index (χ4n) is 1.97. The summed E-state index contributed by atoms with van der Waals surface area (Å²) >= 11 is 3.03. The highest BCUT2D eigenvalue weighted by Crippen LogP contribution is 2.43. The monoisotopic (exact) mass is 366 g/mol. The Bertz CT molecular complexity index is 643. The fourth-order valence-corrected chi connectivity index (χ4v) is 3.77. The largest absolute Gasteiger partial charge is 0.327 e. The number of nitrogens with zero attached hydrogens (tertiary/aromatic N) is 2. The van der Waals surface area contributed by atoms with Gasteiger partial charge >= 0.3 is 0 Å². The van der Waals surface area contributed by atoms with Gasteiger partial charge in [-0.3, -0.25) is 10.1 Å². The van der Waals surface area contributed by atoms with Gasteiger partial charge in [-0.25, -0.2) is 0 Å². The molecule has 2 heterocycles. The molecule has 1 aliphatic carbocycles. The minimum Gasteiger partial charge on any atom is -0.327 e. The van der Waals surface area contributed by atoms with E-state index >= 15 is 0 Å². The van der Waals surface area contributed by atoms with Crippen molar-refractivity contribution in [3.8, 4) is 0 Å². The highest BCUT2D eigenvalue weighted by atomic mass is 35.5. The van der Waals surface area contributed by atoms with Crippen LogP contribution >= 0.6 is 47.5 Å². The molecule has 3 rings (SSSR count). The number of thiophene rings is 1. The zero-order valence-electron chi connectivity index (χ0n) is 11.5. The van der Waals surface area contributed by atoms with E-state index in [4.69, 9.17) is 5.73 Å². The molecule has 0 saturated heterocycles. The van der Waals surface area contributed by atoms with Crippen LogP contribution in [0.1, 0.15) is 37.5 Å². The molecule has 0 aromatic carbocycles. The highest BCUT2D eigenvalue weighted by Gasteiger charge is 2.36. The Morgan fingerprint density at radius 2 is 2.00 bits per heavy atom. The van der Waals surface area contributed by atoms with Gasteiger partial charge in [-0.2, -0.15) is 0 Å². The van der Waals surface area contributed by atoms with Crippen LogP contribution in [0.15, 0.2) is 6.07 Å². The number of carbonyl (C=O) groups excluding carboxylic acids is 1. The molecule has 2 aromatic heterocycles. The molecule has 0 spiro atoms. The maximum Gasteiger partial charge on any atom is 0.258 e. The van der Waals surface area contributed by atoms with E-state index in [1.807, 2.05) is 19.9 Å². The van der Waals surface area contributed by atoms with E-state index in [1.54, 1.807) is 11.3 Å². The zero-order valence-corrected chi connectivity index (χ0v) is 14.7. The lowest BCUT2D eigenvalue weighted by Crippen LogP contribution is -2.11. The molecule has 3 N–H and O–H groups in total. The smallest absolute Gasteiger partial charge is 0.258 e. The van der Waals surface area contributed by atoms with E-state index in [0.29, 0.717) is 16.6 Å². The first-order chi connectivity index (χ1) is 9.04. The summed E-state index contributed by atoms with van der Waals surface area (Å²) in [6.45, 7) is 3.82. The van der Waals surface area contributed by atoms with Crippen LogP contribution in [0.5, 0.6) is 0 Å². The molecule has 2 atom stereocenters. The number of hydrogen-bond donors (Lipinski definition) is 2. The summed E-state index contributed by atoms with van der Waals surface area (Å²) in [6.07, 6.45) is 1.02. The first-order valence-corrected chi connectivity index (χ1v) is 7.65. The van der Waals surface area contributed by atoms with E-state index < -0.39 is 0 Å². The number of aromatic nitrogens is 2. The number of anilines is 1. The number of hydrogen-bond acceptors (Lipinski definition) is 6. The highest BCUT2D eigenvalue weighted by molar-refractivity contribution is 7.15. The topological polar surface area (TPSA) is 80.9 Å². The van der Waals surface area contributed by atoms with Crippen LogP contribution in [0.3, 0.4) is 0 Å². The van der Waals surface area contributed by atoms with Crippen LogP contribution in [-0.4, -0.2) is 22.1 Å². The summed E-state index contributed by atoms with van der Waals surface area (Å²) in [5.41, 5.74) is 6.56. The van der Waals surface area contributed by atoms with E-state index in [-0.39, 0.29) is 36.8 Å². The molecule has 5 nitrogen and oxygen atoms in total. The predicted molar refractivity (Wildman–Crippen MR) is 91.5 cm³/mol. The number of aryl methyl sites for hydroxylation is 2. The maximum absolute atomic E-state index is 12.2. The molecule has 1 fully saturated rings. The molecule has 1 saturated carbocycles. The number of rotatable bonds is 3. The molecule has 0 aliphatic heterocycles. The van der Waals surface area contributed by atoms with E-state index in [2.05, 4.69) is 15.5 Å². The summed E-state index contributed by atoms with van der Waals surface area (Å²) < 4.78 is 0. The van der Waals surface area contributed by atoms with Gasteiger partial charge in [0.1, 0.15) is 5.01 Å². The van der Waals surface area contributed by atoms with Crippen LogP contribution in [0.2, 0.25) is 0 Å².